The van der Waals surface area contributed by atoms with Crippen LogP contribution in [0.2, 0.25) is 0 Å². The topological polar surface area (TPSA) is 64.3 Å². The number of aromatic nitrogens is 3. The molecule has 0 amide bonds. The molecule has 0 radical (unpaired) electrons. The molecular weight excluding hydrogens is 404 g/mol. The van der Waals surface area contributed by atoms with Crippen LogP contribution < -0.4 is 0 Å². The molecule has 1 saturated heterocycles. The minimum Gasteiger partial charge on any atom is -0.462 e. The maximum absolute atomic E-state index is 5.45. The lowest BCUT2D eigenvalue weighted by molar-refractivity contribution is 0.0330. The monoisotopic (exact) mass is 424 g/mol. The van der Waals surface area contributed by atoms with Gasteiger partial charge in [-0.3, -0.25) is 4.90 Å². The molecule has 1 aromatic carbocycles. The number of rotatable bonds is 6. The maximum Gasteiger partial charge on any atom is 0.162 e. The predicted octanol–water partition coefficient (Wildman–Crippen LogP) is 4.47. The number of hydrogen-bond donors (Lipinski definition) is 0. The molecule has 1 aliphatic heterocycles. The molecule has 8 heteroatoms. The summed E-state index contributed by atoms with van der Waals surface area (Å²) in [6.07, 6.45) is 1.67. The third-order valence-corrected chi connectivity index (χ3v) is 6.65. The van der Waals surface area contributed by atoms with Gasteiger partial charge in [0.15, 0.2) is 10.8 Å². The molecular formula is C21H20N4O2S2. The summed E-state index contributed by atoms with van der Waals surface area (Å²) in [6.45, 7) is 4.15. The highest BCUT2D eigenvalue weighted by molar-refractivity contribution is 7.98. The minimum atomic E-state index is 0.751. The van der Waals surface area contributed by atoms with Crippen molar-refractivity contribution in [1.29, 1.82) is 0 Å². The number of thiazole rings is 1. The molecule has 0 bridgehead atoms. The zero-order chi connectivity index (χ0) is 19.5. The van der Waals surface area contributed by atoms with Gasteiger partial charge in [0.1, 0.15) is 10.9 Å². The molecule has 4 heterocycles. The van der Waals surface area contributed by atoms with E-state index < -0.39 is 0 Å². The SMILES string of the molecule is c1coc(-c2nc(CSc3nc(CN4CCOCC4)nc4ccccc34)cs2)c1. The number of fused-ring (bicyclic) bond motifs is 1. The van der Waals surface area contributed by atoms with Gasteiger partial charge in [0.25, 0.3) is 0 Å². The number of ether oxygens (including phenoxy) is 1. The Morgan fingerprint density at radius 1 is 1.03 bits per heavy atom. The number of benzene rings is 1. The molecule has 3 aromatic heterocycles. The normalized spacial score (nSPS) is 15.2. The quantitative estimate of drug-likeness (QED) is 0.334. The number of hydrogen-bond acceptors (Lipinski definition) is 8. The van der Waals surface area contributed by atoms with E-state index in [0.717, 1.165) is 76.8 Å². The van der Waals surface area contributed by atoms with E-state index in [9.17, 15) is 0 Å². The van der Waals surface area contributed by atoms with Crippen molar-refractivity contribution in [3.05, 3.63) is 59.6 Å². The van der Waals surface area contributed by atoms with Gasteiger partial charge in [0, 0.05) is 29.6 Å². The molecule has 0 aliphatic carbocycles. The van der Waals surface area contributed by atoms with E-state index in [1.807, 2.05) is 24.3 Å². The molecule has 6 nitrogen and oxygen atoms in total. The van der Waals surface area contributed by atoms with Gasteiger partial charge < -0.3 is 9.15 Å². The van der Waals surface area contributed by atoms with Gasteiger partial charge in [-0.15, -0.1) is 11.3 Å². The number of para-hydroxylation sites is 1. The number of morpholine rings is 1. The van der Waals surface area contributed by atoms with Crippen molar-refractivity contribution < 1.29 is 9.15 Å². The van der Waals surface area contributed by atoms with Crippen molar-refractivity contribution in [3.8, 4) is 10.8 Å². The summed E-state index contributed by atoms with van der Waals surface area (Å²) in [7, 11) is 0. The smallest absolute Gasteiger partial charge is 0.162 e. The Kier molecular flexibility index (Phi) is 5.58. The second-order valence-corrected chi connectivity index (χ2v) is 8.58. The number of nitrogens with zero attached hydrogens (tertiary/aromatic N) is 4. The van der Waals surface area contributed by atoms with Gasteiger partial charge >= 0.3 is 0 Å². The van der Waals surface area contributed by atoms with Crippen LogP contribution in [-0.4, -0.2) is 46.2 Å². The summed E-state index contributed by atoms with van der Waals surface area (Å²) < 4.78 is 10.9. The molecule has 0 saturated carbocycles. The van der Waals surface area contributed by atoms with Crippen LogP contribution in [-0.2, 0) is 17.0 Å². The zero-order valence-corrected chi connectivity index (χ0v) is 17.4. The zero-order valence-electron chi connectivity index (χ0n) is 15.8. The van der Waals surface area contributed by atoms with E-state index in [0.29, 0.717) is 0 Å². The van der Waals surface area contributed by atoms with E-state index in [1.165, 1.54) is 0 Å². The van der Waals surface area contributed by atoms with E-state index in [2.05, 4.69) is 22.4 Å². The van der Waals surface area contributed by atoms with E-state index >= 15 is 0 Å². The molecule has 0 atom stereocenters. The first-order valence-corrected chi connectivity index (χ1v) is 11.4. The highest BCUT2D eigenvalue weighted by Crippen LogP contribution is 2.30. The largest absolute Gasteiger partial charge is 0.462 e. The van der Waals surface area contributed by atoms with Crippen LogP contribution in [0.3, 0.4) is 0 Å². The standard InChI is InChI=1S/C21H20N4O2S2/c1-2-5-17-16(4-1)20(24-19(23-17)12-25-7-10-26-11-8-25)28-13-15-14-29-21(22-15)18-6-3-9-27-18/h1-6,9,14H,7-8,10-13H2. The van der Waals surface area contributed by atoms with Gasteiger partial charge in [-0.25, -0.2) is 15.0 Å². The summed E-state index contributed by atoms with van der Waals surface area (Å²) >= 11 is 3.31. The predicted molar refractivity (Wildman–Crippen MR) is 115 cm³/mol. The third-order valence-electron chi connectivity index (χ3n) is 4.72. The van der Waals surface area contributed by atoms with Crippen molar-refractivity contribution in [1.82, 2.24) is 19.9 Å². The number of furan rings is 1. The van der Waals surface area contributed by atoms with E-state index in [1.54, 1.807) is 29.4 Å². The summed E-state index contributed by atoms with van der Waals surface area (Å²) in [5.41, 5.74) is 2.02. The van der Waals surface area contributed by atoms with Crippen molar-refractivity contribution in [3.63, 3.8) is 0 Å². The number of thioether (sulfide) groups is 1. The Morgan fingerprint density at radius 3 is 2.79 bits per heavy atom. The molecule has 0 unspecified atom stereocenters. The first-order valence-electron chi connectivity index (χ1n) is 9.52. The highest BCUT2D eigenvalue weighted by Gasteiger charge is 2.15. The van der Waals surface area contributed by atoms with Crippen LogP contribution in [0.1, 0.15) is 11.5 Å². The van der Waals surface area contributed by atoms with Crippen molar-refractivity contribution in [2.24, 2.45) is 0 Å². The molecule has 148 valence electrons. The molecule has 29 heavy (non-hydrogen) atoms. The lowest BCUT2D eigenvalue weighted by Crippen LogP contribution is -2.36. The van der Waals surface area contributed by atoms with E-state index in [-0.39, 0.29) is 0 Å². The van der Waals surface area contributed by atoms with Crippen LogP contribution >= 0.6 is 23.1 Å². The molecule has 1 aliphatic rings. The fourth-order valence-corrected chi connectivity index (χ4v) is 5.08. The van der Waals surface area contributed by atoms with Crippen LogP contribution in [0.5, 0.6) is 0 Å². The Hall–Kier alpha value is -2.26. The Morgan fingerprint density at radius 2 is 1.93 bits per heavy atom. The third kappa shape index (κ3) is 4.35. The summed E-state index contributed by atoms with van der Waals surface area (Å²) in [4.78, 5) is 16.7. The van der Waals surface area contributed by atoms with Crippen LogP contribution in [0.25, 0.3) is 21.7 Å². The van der Waals surface area contributed by atoms with Gasteiger partial charge in [-0.1, -0.05) is 30.0 Å². The molecule has 0 N–H and O–H groups in total. The second-order valence-electron chi connectivity index (χ2n) is 6.76. The van der Waals surface area contributed by atoms with Crippen molar-refractivity contribution in [2.45, 2.75) is 17.3 Å². The Labute approximate surface area is 177 Å². The minimum absolute atomic E-state index is 0.751. The lowest BCUT2D eigenvalue weighted by atomic mass is 10.2. The summed E-state index contributed by atoms with van der Waals surface area (Å²) in [6, 6.07) is 12.0. The molecule has 1 fully saturated rings. The first kappa shape index (κ1) is 18.7. The van der Waals surface area contributed by atoms with Crippen LogP contribution in [0.15, 0.2) is 57.5 Å². The van der Waals surface area contributed by atoms with E-state index in [4.69, 9.17) is 24.1 Å². The highest BCUT2D eigenvalue weighted by atomic mass is 32.2. The average Bonchev–Trinajstić information content (AvgIpc) is 3.45. The Bertz CT molecular complexity index is 1090. The average molecular weight is 425 g/mol. The van der Waals surface area contributed by atoms with Gasteiger partial charge in [0.2, 0.25) is 0 Å². The van der Waals surface area contributed by atoms with Gasteiger partial charge in [-0.05, 0) is 18.2 Å². The molecule has 4 aromatic rings. The van der Waals surface area contributed by atoms with Crippen molar-refractivity contribution in [2.75, 3.05) is 26.3 Å². The van der Waals surface area contributed by atoms with Gasteiger partial charge in [0.05, 0.1) is 37.2 Å². The second kappa shape index (κ2) is 8.62. The fraction of sp³-hybridized carbons (Fsp3) is 0.286. The van der Waals surface area contributed by atoms with Gasteiger partial charge in [-0.2, -0.15) is 0 Å². The molecule has 0 spiro atoms. The summed E-state index contributed by atoms with van der Waals surface area (Å²) in [5, 5.41) is 5.09. The fourth-order valence-electron chi connectivity index (χ4n) is 3.26. The first-order chi connectivity index (χ1) is 14.3. The van der Waals surface area contributed by atoms with Crippen LogP contribution in [0.4, 0.5) is 0 Å². The van der Waals surface area contributed by atoms with Crippen molar-refractivity contribution >= 4 is 34.0 Å². The maximum atomic E-state index is 5.45. The Balaban J connectivity index is 1.36. The van der Waals surface area contributed by atoms with Crippen LogP contribution in [0, 0.1) is 0 Å². The lowest BCUT2D eigenvalue weighted by Gasteiger charge is -2.25. The molecule has 5 rings (SSSR count). The summed E-state index contributed by atoms with van der Waals surface area (Å²) in [5.74, 6) is 2.43.